The lowest BCUT2D eigenvalue weighted by atomic mass is 10.1. The second-order valence-corrected chi connectivity index (χ2v) is 6.55. The lowest BCUT2D eigenvalue weighted by Crippen LogP contribution is -2.44. The molecular weight excluding hydrogens is 274 g/mol. The molecular formula is C18H31N3O. The average Bonchev–Trinajstić information content (AvgIpc) is 2.49. The minimum Gasteiger partial charge on any atom is -0.492 e. The van der Waals surface area contributed by atoms with Crippen molar-refractivity contribution in [1.29, 1.82) is 0 Å². The van der Waals surface area contributed by atoms with E-state index in [0.717, 1.165) is 45.0 Å². The van der Waals surface area contributed by atoms with Crippen LogP contribution in [0.4, 0.5) is 5.69 Å². The van der Waals surface area contributed by atoms with E-state index in [1.807, 2.05) is 0 Å². The maximum atomic E-state index is 5.90. The highest BCUT2D eigenvalue weighted by atomic mass is 16.5. The molecule has 22 heavy (non-hydrogen) atoms. The Balaban J connectivity index is 2.06. The van der Waals surface area contributed by atoms with Crippen LogP contribution in [0.5, 0.6) is 5.75 Å². The van der Waals surface area contributed by atoms with E-state index < -0.39 is 0 Å². The molecule has 0 aliphatic carbocycles. The summed E-state index contributed by atoms with van der Waals surface area (Å²) in [5.74, 6) is 1.70. The highest BCUT2D eigenvalue weighted by molar-refractivity contribution is 5.60. The van der Waals surface area contributed by atoms with Crippen molar-refractivity contribution < 1.29 is 4.74 Å². The zero-order valence-corrected chi connectivity index (χ0v) is 14.6. The summed E-state index contributed by atoms with van der Waals surface area (Å²) in [5.41, 5.74) is 2.53. The molecule has 4 nitrogen and oxygen atoms in total. The maximum Gasteiger partial charge on any atom is 0.142 e. The molecule has 0 radical (unpaired) electrons. The second-order valence-electron chi connectivity index (χ2n) is 6.55. The van der Waals surface area contributed by atoms with Crippen LogP contribution in [0.25, 0.3) is 0 Å². The molecule has 124 valence electrons. The van der Waals surface area contributed by atoms with Crippen LogP contribution in [0.3, 0.4) is 0 Å². The number of hydrogen-bond donors (Lipinski definition) is 1. The number of piperazine rings is 1. The van der Waals surface area contributed by atoms with Gasteiger partial charge in [0.1, 0.15) is 5.75 Å². The van der Waals surface area contributed by atoms with Gasteiger partial charge in [0.25, 0.3) is 0 Å². The molecule has 1 saturated heterocycles. The Bertz CT molecular complexity index is 454. The van der Waals surface area contributed by atoms with E-state index in [1.54, 1.807) is 0 Å². The summed E-state index contributed by atoms with van der Waals surface area (Å²) in [6.07, 6.45) is 0. The molecule has 0 spiro atoms. The van der Waals surface area contributed by atoms with Crippen LogP contribution >= 0.6 is 0 Å². The first-order chi connectivity index (χ1) is 10.6. The van der Waals surface area contributed by atoms with Gasteiger partial charge in [0.2, 0.25) is 0 Å². The van der Waals surface area contributed by atoms with Crippen LogP contribution in [0.1, 0.15) is 26.3 Å². The fourth-order valence-corrected chi connectivity index (χ4v) is 2.75. The normalized spacial score (nSPS) is 16.3. The summed E-state index contributed by atoms with van der Waals surface area (Å²) in [5, 5.41) is 3.50. The Morgan fingerprint density at radius 3 is 2.55 bits per heavy atom. The Hall–Kier alpha value is -1.26. The van der Waals surface area contributed by atoms with Crippen molar-refractivity contribution in [2.24, 2.45) is 5.92 Å². The molecule has 1 fully saturated rings. The summed E-state index contributed by atoms with van der Waals surface area (Å²) in [4.78, 5) is 4.82. The van der Waals surface area contributed by atoms with Gasteiger partial charge in [-0.1, -0.05) is 19.9 Å². The smallest absolute Gasteiger partial charge is 0.142 e. The van der Waals surface area contributed by atoms with Crippen molar-refractivity contribution >= 4 is 5.69 Å². The van der Waals surface area contributed by atoms with E-state index in [0.29, 0.717) is 12.5 Å². The quantitative estimate of drug-likeness (QED) is 0.838. The van der Waals surface area contributed by atoms with E-state index in [2.05, 4.69) is 61.1 Å². The van der Waals surface area contributed by atoms with Crippen LogP contribution in [0, 0.1) is 5.92 Å². The van der Waals surface area contributed by atoms with Gasteiger partial charge in [0, 0.05) is 32.7 Å². The molecule has 2 rings (SSSR count). The largest absolute Gasteiger partial charge is 0.492 e. The Kier molecular flexibility index (Phi) is 6.52. The fraction of sp³-hybridized carbons (Fsp3) is 0.667. The maximum absolute atomic E-state index is 5.90. The number of nitrogens with one attached hydrogen (secondary N) is 1. The zero-order chi connectivity index (χ0) is 15.9. The molecule has 4 heteroatoms. The fourth-order valence-electron chi connectivity index (χ4n) is 2.75. The minimum absolute atomic E-state index is 0.677. The first kappa shape index (κ1) is 17.1. The van der Waals surface area contributed by atoms with Crippen LogP contribution < -0.4 is 15.0 Å². The van der Waals surface area contributed by atoms with Gasteiger partial charge in [-0.25, -0.2) is 0 Å². The van der Waals surface area contributed by atoms with Crippen molar-refractivity contribution in [3.8, 4) is 5.75 Å². The number of rotatable bonds is 7. The van der Waals surface area contributed by atoms with Crippen LogP contribution in [0.2, 0.25) is 0 Å². The SMILES string of the molecule is CCOc1cc(CNCC(C)C)ccc1N1CCN(C)CC1. The molecule has 0 unspecified atom stereocenters. The molecule has 1 N–H and O–H groups in total. The molecule has 0 amide bonds. The minimum atomic E-state index is 0.677. The van der Waals surface area contributed by atoms with Gasteiger partial charge < -0.3 is 19.9 Å². The van der Waals surface area contributed by atoms with Crippen LogP contribution in [0.15, 0.2) is 18.2 Å². The van der Waals surface area contributed by atoms with Gasteiger partial charge in [-0.05, 0) is 44.1 Å². The van der Waals surface area contributed by atoms with Crippen molar-refractivity contribution in [3.63, 3.8) is 0 Å². The van der Waals surface area contributed by atoms with Crippen molar-refractivity contribution in [3.05, 3.63) is 23.8 Å². The van der Waals surface area contributed by atoms with Crippen LogP contribution in [-0.2, 0) is 6.54 Å². The Labute approximate surface area is 135 Å². The summed E-state index contributed by atoms with van der Waals surface area (Å²) in [7, 11) is 2.18. The monoisotopic (exact) mass is 305 g/mol. The highest BCUT2D eigenvalue weighted by Gasteiger charge is 2.18. The summed E-state index contributed by atoms with van der Waals surface area (Å²) in [6.45, 7) is 13.5. The molecule has 1 heterocycles. The Morgan fingerprint density at radius 1 is 1.18 bits per heavy atom. The third kappa shape index (κ3) is 4.89. The van der Waals surface area contributed by atoms with E-state index in [4.69, 9.17) is 4.74 Å². The van der Waals surface area contributed by atoms with E-state index in [1.165, 1.54) is 11.3 Å². The van der Waals surface area contributed by atoms with E-state index >= 15 is 0 Å². The number of ether oxygens (including phenoxy) is 1. The third-order valence-corrected chi connectivity index (χ3v) is 4.05. The van der Waals surface area contributed by atoms with Crippen molar-refractivity contribution in [2.75, 3.05) is 51.3 Å². The van der Waals surface area contributed by atoms with Crippen molar-refractivity contribution in [2.45, 2.75) is 27.3 Å². The van der Waals surface area contributed by atoms with Gasteiger partial charge in [0.05, 0.1) is 12.3 Å². The zero-order valence-electron chi connectivity index (χ0n) is 14.6. The molecule has 0 atom stereocenters. The van der Waals surface area contributed by atoms with E-state index in [-0.39, 0.29) is 0 Å². The molecule has 0 saturated carbocycles. The topological polar surface area (TPSA) is 27.7 Å². The highest BCUT2D eigenvalue weighted by Crippen LogP contribution is 2.30. The molecule has 1 aliphatic rings. The first-order valence-electron chi connectivity index (χ1n) is 8.50. The van der Waals surface area contributed by atoms with Crippen LogP contribution in [-0.4, -0.2) is 51.3 Å². The van der Waals surface area contributed by atoms with Gasteiger partial charge in [-0.15, -0.1) is 0 Å². The summed E-state index contributed by atoms with van der Waals surface area (Å²) in [6, 6.07) is 6.65. The number of likely N-dealkylation sites (N-methyl/N-ethyl adjacent to an activating group) is 1. The first-order valence-corrected chi connectivity index (χ1v) is 8.50. The molecule has 0 aromatic heterocycles. The molecule has 1 aromatic carbocycles. The summed E-state index contributed by atoms with van der Waals surface area (Å²) >= 11 is 0. The Morgan fingerprint density at radius 2 is 1.91 bits per heavy atom. The second kappa shape index (κ2) is 8.39. The average molecular weight is 305 g/mol. The molecule has 1 aromatic rings. The number of anilines is 1. The van der Waals surface area contributed by atoms with Gasteiger partial charge in [-0.2, -0.15) is 0 Å². The number of hydrogen-bond acceptors (Lipinski definition) is 4. The lowest BCUT2D eigenvalue weighted by Gasteiger charge is -2.35. The summed E-state index contributed by atoms with van der Waals surface area (Å²) < 4.78 is 5.90. The third-order valence-electron chi connectivity index (χ3n) is 4.05. The van der Waals surface area contributed by atoms with Gasteiger partial charge in [-0.3, -0.25) is 0 Å². The standard InChI is InChI=1S/C18H31N3O/c1-5-22-18-12-16(14-19-13-15(2)3)6-7-17(18)21-10-8-20(4)9-11-21/h6-7,12,15,19H,5,8-11,13-14H2,1-4H3. The predicted octanol–water partition coefficient (Wildman–Crippen LogP) is 2.58. The number of benzene rings is 1. The van der Waals surface area contributed by atoms with Crippen molar-refractivity contribution in [1.82, 2.24) is 10.2 Å². The number of nitrogens with zero attached hydrogens (tertiary/aromatic N) is 2. The predicted molar refractivity (Wildman–Crippen MR) is 93.9 cm³/mol. The van der Waals surface area contributed by atoms with Gasteiger partial charge >= 0.3 is 0 Å². The molecule has 0 bridgehead atoms. The lowest BCUT2D eigenvalue weighted by molar-refractivity contribution is 0.307. The molecule has 1 aliphatic heterocycles. The van der Waals surface area contributed by atoms with Gasteiger partial charge in [0.15, 0.2) is 0 Å². The van der Waals surface area contributed by atoms with E-state index in [9.17, 15) is 0 Å².